The lowest BCUT2D eigenvalue weighted by atomic mass is 10.1. The Morgan fingerprint density at radius 1 is 1.19 bits per heavy atom. The Labute approximate surface area is 127 Å². The molecule has 1 aromatic heterocycles. The first kappa shape index (κ1) is 13.6. The molecule has 4 nitrogen and oxygen atoms in total. The third kappa shape index (κ3) is 2.90. The van der Waals surface area contributed by atoms with Gasteiger partial charge in [-0.15, -0.1) is 0 Å². The maximum Gasteiger partial charge on any atom is 0.261 e. The summed E-state index contributed by atoms with van der Waals surface area (Å²) >= 11 is 6.15. The Bertz CT molecular complexity index is 762. The first-order valence-electron chi connectivity index (χ1n) is 6.56. The molecule has 0 saturated carbocycles. The average molecular weight is 300 g/mol. The molecule has 0 saturated heterocycles. The first-order valence-corrected chi connectivity index (χ1v) is 6.94. The van der Waals surface area contributed by atoms with Gasteiger partial charge in [-0.2, -0.15) is 4.98 Å². The minimum atomic E-state index is 0.348. The average Bonchev–Trinajstić information content (AvgIpc) is 2.87. The summed E-state index contributed by atoms with van der Waals surface area (Å²) in [5.74, 6) is 0.954. The molecule has 2 N–H and O–H groups in total. The van der Waals surface area contributed by atoms with Crippen LogP contribution in [0.1, 0.15) is 17.0 Å². The van der Waals surface area contributed by atoms with Gasteiger partial charge < -0.3 is 10.3 Å². The summed E-state index contributed by atoms with van der Waals surface area (Å²) in [4.78, 5) is 4.38. The van der Waals surface area contributed by atoms with Crippen molar-refractivity contribution in [1.29, 1.82) is 0 Å². The number of aromatic nitrogens is 2. The van der Waals surface area contributed by atoms with Gasteiger partial charge in [0.15, 0.2) is 5.82 Å². The van der Waals surface area contributed by atoms with Gasteiger partial charge >= 0.3 is 0 Å². The molecule has 0 aliphatic rings. The van der Waals surface area contributed by atoms with Crippen LogP contribution in [-0.2, 0) is 6.42 Å². The number of hydrogen-bond acceptors (Lipinski definition) is 4. The number of rotatable bonds is 3. The second kappa shape index (κ2) is 5.58. The number of nitrogen functional groups attached to an aromatic ring is 1. The van der Waals surface area contributed by atoms with E-state index in [2.05, 4.69) is 29.2 Å². The molecule has 0 aliphatic carbocycles. The van der Waals surface area contributed by atoms with Crippen molar-refractivity contribution in [2.45, 2.75) is 13.3 Å². The van der Waals surface area contributed by atoms with Gasteiger partial charge in [0.25, 0.3) is 5.89 Å². The molecule has 0 bridgehead atoms. The fourth-order valence-electron chi connectivity index (χ4n) is 2.20. The van der Waals surface area contributed by atoms with Gasteiger partial charge in [-0.25, -0.2) is 0 Å². The standard InChI is InChI=1S/C16H14ClN3O/c1-10-4-2-5-11(8-10)9-14-19-16(21-20-14)15-12(17)6-3-7-13(15)18/h2-8H,9,18H2,1H3. The van der Waals surface area contributed by atoms with Crippen LogP contribution in [0, 0.1) is 6.92 Å². The molecule has 106 valence electrons. The Hall–Kier alpha value is -2.33. The van der Waals surface area contributed by atoms with Crippen LogP contribution in [0.2, 0.25) is 5.02 Å². The molecule has 0 radical (unpaired) electrons. The molecule has 2 aromatic carbocycles. The molecule has 5 heteroatoms. The van der Waals surface area contributed by atoms with Crippen molar-refractivity contribution in [2.24, 2.45) is 0 Å². The monoisotopic (exact) mass is 299 g/mol. The highest BCUT2D eigenvalue weighted by molar-refractivity contribution is 6.33. The first-order chi connectivity index (χ1) is 10.1. The van der Waals surface area contributed by atoms with E-state index in [1.165, 1.54) is 5.56 Å². The quantitative estimate of drug-likeness (QED) is 0.746. The Morgan fingerprint density at radius 2 is 2.00 bits per heavy atom. The zero-order valence-electron chi connectivity index (χ0n) is 11.5. The minimum absolute atomic E-state index is 0.348. The normalized spacial score (nSPS) is 10.8. The second-order valence-electron chi connectivity index (χ2n) is 4.89. The molecule has 0 unspecified atom stereocenters. The van der Waals surface area contributed by atoms with Crippen molar-refractivity contribution in [2.75, 3.05) is 5.73 Å². The van der Waals surface area contributed by atoms with Gasteiger partial charge in [0.05, 0.1) is 10.6 Å². The van der Waals surface area contributed by atoms with Crippen molar-refractivity contribution >= 4 is 17.3 Å². The van der Waals surface area contributed by atoms with Crippen LogP contribution in [0.15, 0.2) is 47.0 Å². The molecule has 0 spiro atoms. The van der Waals surface area contributed by atoms with E-state index in [9.17, 15) is 0 Å². The van der Waals surface area contributed by atoms with Crippen LogP contribution in [0.25, 0.3) is 11.5 Å². The van der Waals surface area contributed by atoms with E-state index >= 15 is 0 Å². The number of anilines is 1. The molecule has 0 fully saturated rings. The summed E-state index contributed by atoms with van der Waals surface area (Å²) in [6.45, 7) is 2.05. The van der Waals surface area contributed by atoms with E-state index in [1.807, 2.05) is 12.1 Å². The molecular formula is C16H14ClN3O. The maximum atomic E-state index is 6.15. The Balaban J connectivity index is 1.90. The summed E-state index contributed by atoms with van der Waals surface area (Å²) < 4.78 is 5.29. The molecule has 1 heterocycles. The van der Waals surface area contributed by atoms with E-state index in [0.29, 0.717) is 34.4 Å². The predicted octanol–water partition coefficient (Wildman–Crippen LogP) is 3.87. The smallest absolute Gasteiger partial charge is 0.261 e. The number of hydrogen-bond donors (Lipinski definition) is 1. The summed E-state index contributed by atoms with van der Waals surface area (Å²) in [5, 5.41) is 4.50. The summed E-state index contributed by atoms with van der Waals surface area (Å²) in [6, 6.07) is 13.5. The van der Waals surface area contributed by atoms with Crippen LogP contribution in [0.3, 0.4) is 0 Å². The molecule has 0 amide bonds. The van der Waals surface area contributed by atoms with Crippen LogP contribution >= 0.6 is 11.6 Å². The summed E-state index contributed by atoms with van der Waals surface area (Å²) in [5.41, 5.74) is 9.36. The zero-order valence-corrected chi connectivity index (χ0v) is 12.3. The van der Waals surface area contributed by atoms with E-state index in [1.54, 1.807) is 18.2 Å². The molecule has 21 heavy (non-hydrogen) atoms. The van der Waals surface area contributed by atoms with E-state index in [4.69, 9.17) is 21.9 Å². The Kier molecular flexibility index (Phi) is 3.62. The largest absolute Gasteiger partial charge is 0.398 e. The van der Waals surface area contributed by atoms with Crippen molar-refractivity contribution in [3.8, 4) is 11.5 Å². The molecule has 3 rings (SSSR count). The van der Waals surface area contributed by atoms with Crippen molar-refractivity contribution in [1.82, 2.24) is 10.1 Å². The maximum absolute atomic E-state index is 6.15. The van der Waals surface area contributed by atoms with Crippen LogP contribution in [0.4, 0.5) is 5.69 Å². The summed E-state index contributed by atoms with van der Waals surface area (Å²) in [6.07, 6.45) is 0.607. The fraction of sp³-hybridized carbons (Fsp3) is 0.125. The van der Waals surface area contributed by atoms with Crippen molar-refractivity contribution in [3.05, 3.63) is 64.4 Å². The Morgan fingerprint density at radius 3 is 2.76 bits per heavy atom. The predicted molar refractivity (Wildman–Crippen MR) is 83.1 cm³/mol. The van der Waals surface area contributed by atoms with Crippen LogP contribution in [-0.4, -0.2) is 10.1 Å². The van der Waals surface area contributed by atoms with Gasteiger partial charge in [-0.05, 0) is 24.6 Å². The number of halogens is 1. The SMILES string of the molecule is Cc1cccc(Cc2noc(-c3c(N)cccc3Cl)n2)c1. The number of nitrogens with zero attached hydrogens (tertiary/aromatic N) is 2. The topological polar surface area (TPSA) is 64.9 Å². The van der Waals surface area contributed by atoms with Crippen LogP contribution in [0.5, 0.6) is 0 Å². The van der Waals surface area contributed by atoms with Gasteiger partial charge in [-0.3, -0.25) is 0 Å². The summed E-state index contributed by atoms with van der Waals surface area (Å²) in [7, 11) is 0. The van der Waals surface area contributed by atoms with Gasteiger partial charge in [0.2, 0.25) is 0 Å². The minimum Gasteiger partial charge on any atom is -0.398 e. The molecule has 0 atom stereocenters. The third-order valence-corrected chi connectivity index (χ3v) is 3.49. The lowest BCUT2D eigenvalue weighted by Gasteiger charge is -2.02. The van der Waals surface area contributed by atoms with Gasteiger partial charge in [0, 0.05) is 12.1 Å². The fourth-order valence-corrected chi connectivity index (χ4v) is 2.46. The van der Waals surface area contributed by atoms with Crippen molar-refractivity contribution < 1.29 is 4.52 Å². The molecule has 0 aliphatic heterocycles. The third-order valence-electron chi connectivity index (χ3n) is 3.17. The van der Waals surface area contributed by atoms with E-state index < -0.39 is 0 Å². The highest BCUT2D eigenvalue weighted by Crippen LogP contribution is 2.31. The van der Waals surface area contributed by atoms with Gasteiger partial charge in [0.1, 0.15) is 0 Å². The van der Waals surface area contributed by atoms with E-state index in [-0.39, 0.29) is 0 Å². The number of benzene rings is 2. The lowest BCUT2D eigenvalue weighted by molar-refractivity contribution is 0.424. The zero-order chi connectivity index (χ0) is 14.8. The van der Waals surface area contributed by atoms with Gasteiger partial charge in [-0.1, -0.05) is 52.7 Å². The molecule has 3 aromatic rings. The second-order valence-corrected chi connectivity index (χ2v) is 5.29. The number of nitrogens with two attached hydrogens (primary N) is 1. The lowest BCUT2D eigenvalue weighted by Crippen LogP contribution is -1.93. The van der Waals surface area contributed by atoms with Crippen molar-refractivity contribution in [3.63, 3.8) is 0 Å². The van der Waals surface area contributed by atoms with Crippen LogP contribution < -0.4 is 5.73 Å². The molecular weight excluding hydrogens is 286 g/mol. The highest BCUT2D eigenvalue weighted by atomic mass is 35.5. The van der Waals surface area contributed by atoms with E-state index in [0.717, 1.165) is 5.56 Å². The number of aryl methyl sites for hydroxylation is 1. The highest BCUT2D eigenvalue weighted by Gasteiger charge is 2.15.